The molecule has 1 aliphatic rings. The highest BCUT2D eigenvalue weighted by Crippen LogP contribution is 2.29. The van der Waals surface area contributed by atoms with E-state index in [1.807, 2.05) is 6.07 Å². The number of aromatic nitrogens is 1. The number of amides is 1. The lowest BCUT2D eigenvalue weighted by Gasteiger charge is -2.23. The molecule has 1 atom stereocenters. The van der Waals surface area contributed by atoms with E-state index in [9.17, 15) is 9.90 Å². The summed E-state index contributed by atoms with van der Waals surface area (Å²) in [6.45, 7) is 0. The summed E-state index contributed by atoms with van der Waals surface area (Å²) in [6, 6.07) is 15.0. The second-order valence-electron chi connectivity index (χ2n) is 6.06. The molecule has 0 saturated heterocycles. The van der Waals surface area contributed by atoms with Gasteiger partial charge in [-0.1, -0.05) is 30.3 Å². The van der Waals surface area contributed by atoms with Gasteiger partial charge in [0.2, 0.25) is 0 Å². The van der Waals surface area contributed by atoms with E-state index in [0.29, 0.717) is 5.56 Å². The van der Waals surface area contributed by atoms with Crippen LogP contribution in [0.4, 0.5) is 0 Å². The Morgan fingerprint density at radius 1 is 1.13 bits per heavy atom. The van der Waals surface area contributed by atoms with Crippen LogP contribution >= 0.6 is 0 Å². The number of nitrogens with one attached hydrogen (secondary N) is 2. The molecule has 0 aliphatic heterocycles. The normalized spacial score (nSPS) is 17.0. The second kappa shape index (κ2) is 5.47. The maximum atomic E-state index is 12.3. The molecular formula is C19H18N2O2. The number of H-pyrrole nitrogens is 1. The fourth-order valence-corrected chi connectivity index (χ4v) is 3.43. The van der Waals surface area contributed by atoms with Gasteiger partial charge in [-0.2, -0.15) is 0 Å². The van der Waals surface area contributed by atoms with Crippen molar-refractivity contribution in [1.29, 1.82) is 0 Å². The molecule has 23 heavy (non-hydrogen) atoms. The molecule has 0 fully saturated rings. The van der Waals surface area contributed by atoms with Crippen LogP contribution in [-0.2, 0) is 12.8 Å². The average Bonchev–Trinajstić information content (AvgIpc) is 2.92. The molecule has 3 N–H and O–H groups in total. The quantitative estimate of drug-likeness (QED) is 0.681. The summed E-state index contributed by atoms with van der Waals surface area (Å²) in [5.41, 5.74) is 4.06. The van der Waals surface area contributed by atoms with Crippen LogP contribution < -0.4 is 5.32 Å². The number of phenols is 1. The highest BCUT2D eigenvalue weighted by molar-refractivity contribution is 5.97. The number of hydrogen-bond donors (Lipinski definition) is 3. The van der Waals surface area contributed by atoms with Crippen molar-refractivity contribution in [2.24, 2.45) is 0 Å². The SMILES string of the molecule is O=C(NC1CCc2c([nH]c3ccccc23)C1)c1ccccc1O. The molecular weight excluding hydrogens is 288 g/mol. The van der Waals surface area contributed by atoms with E-state index in [4.69, 9.17) is 0 Å². The zero-order valence-electron chi connectivity index (χ0n) is 12.7. The van der Waals surface area contributed by atoms with E-state index in [1.54, 1.807) is 18.2 Å². The summed E-state index contributed by atoms with van der Waals surface area (Å²) in [6.07, 6.45) is 2.66. The van der Waals surface area contributed by atoms with Crippen molar-refractivity contribution in [3.05, 3.63) is 65.4 Å². The minimum absolute atomic E-state index is 0.0205. The van der Waals surface area contributed by atoms with E-state index >= 15 is 0 Å². The Labute approximate surface area is 134 Å². The fraction of sp³-hybridized carbons (Fsp3) is 0.211. The molecule has 3 aromatic rings. The molecule has 0 bridgehead atoms. The van der Waals surface area contributed by atoms with Gasteiger partial charge in [-0.25, -0.2) is 0 Å². The first-order valence-electron chi connectivity index (χ1n) is 7.89. The summed E-state index contributed by atoms with van der Waals surface area (Å²) in [5.74, 6) is -0.195. The first-order chi connectivity index (χ1) is 11.2. The van der Waals surface area contributed by atoms with Crippen LogP contribution in [0.3, 0.4) is 0 Å². The molecule has 0 saturated carbocycles. The van der Waals surface area contributed by atoms with Crippen molar-refractivity contribution in [2.45, 2.75) is 25.3 Å². The maximum absolute atomic E-state index is 12.3. The number of carbonyl (C=O) groups excluding carboxylic acids is 1. The summed E-state index contributed by atoms with van der Waals surface area (Å²) in [4.78, 5) is 15.8. The molecule has 116 valence electrons. The first kappa shape index (κ1) is 13.9. The van der Waals surface area contributed by atoms with Crippen molar-refractivity contribution in [3.8, 4) is 5.75 Å². The predicted molar refractivity (Wildman–Crippen MR) is 89.7 cm³/mol. The third-order valence-electron chi connectivity index (χ3n) is 4.58. The Hall–Kier alpha value is -2.75. The van der Waals surface area contributed by atoms with Gasteiger partial charge < -0.3 is 15.4 Å². The highest BCUT2D eigenvalue weighted by Gasteiger charge is 2.24. The van der Waals surface area contributed by atoms with Crippen LogP contribution in [0.2, 0.25) is 0 Å². The zero-order chi connectivity index (χ0) is 15.8. The van der Waals surface area contributed by atoms with Crippen LogP contribution in [0.1, 0.15) is 28.0 Å². The van der Waals surface area contributed by atoms with E-state index in [1.165, 1.54) is 22.7 Å². The zero-order valence-corrected chi connectivity index (χ0v) is 12.7. The third kappa shape index (κ3) is 2.46. The van der Waals surface area contributed by atoms with Gasteiger partial charge in [0, 0.05) is 29.1 Å². The standard InChI is InChI=1S/C19H18N2O2/c22-18-8-4-2-6-15(18)19(23)20-12-9-10-14-13-5-1-3-7-16(13)21-17(14)11-12/h1-8,12,21-22H,9-11H2,(H,20,23). The van der Waals surface area contributed by atoms with Crippen LogP contribution in [-0.4, -0.2) is 22.0 Å². The number of aromatic hydroxyl groups is 1. The molecule has 4 rings (SSSR count). The van der Waals surface area contributed by atoms with Crippen molar-refractivity contribution >= 4 is 16.8 Å². The Balaban J connectivity index is 1.54. The first-order valence-corrected chi connectivity index (χ1v) is 7.89. The molecule has 1 unspecified atom stereocenters. The number of benzene rings is 2. The van der Waals surface area contributed by atoms with E-state index < -0.39 is 0 Å². The lowest BCUT2D eigenvalue weighted by Crippen LogP contribution is -2.38. The Morgan fingerprint density at radius 3 is 2.78 bits per heavy atom. The van der Waals surface area contributed by atoms with Crippen molar-refractivity contribution < 1.29 is 9.90 Å². The average molecular weight is 306 g/mol. The number of aryl methyl sites for hydroxylation is 1. The molecule has 1 heterocycles. The molecule has 0 spiro atoms. The largest absolute Gasteiger partial charge is 0.507 e. The third-order valence-corrected chi connectivity index (χ3v) is 4.58. The van der Waals surface area contributed by atoms with Gasteiger partial charge in [0.25, 0.3) is 5.91 Å². The van der Waals surface area contributed by atoms with Crippen LogP contribution in [0, 0.1) is 0 Å². The van der Waals surface area contributed by atoms with E-state index in [0.717, 1.165) is 24.8 Å². The molecule has 1 aliphatic carbocycles. The number of carbonyl (C=O) groups is 1. The van der Waals surface area contributed by atoms with Crippen molar-refractivity contribution in [1.82, 2.24) is 10.3 Å². The predicted octanol–water partition coefficient (Wildman–Crippen LogP) is 3.16. The Bertz CT molecular complexity index is 882. The molecule has 1 aromatic heterocycles. The summed E-state index contributed by atoms with van der Waals surface area (Å²) in [5, 5.41) is 14.1. The minimum atomic E-state index is -0.215. The van der Waals surface area contributed by atoms with Crippen molar-refractivity contribution in [3.63, 3.8) is 0 Å². The van der Waals surface area contributed by atoms with Gasteiger partial charge in [-0.05, 0) is 36.6 Å². The van der Waals surface area contributed by atoms with Crippen LogP contribution in [0.5, 0.6) is 5.75 Å². The maximum Gasteiger partial charge on any atom is 0.255 e. The molecule has 4 heteroatoms. The monoisotopic (exact) mass is 306 g/mol. The number of fused-ring (bicyclic) bond motifs is 3. The minimum Gasteiger partial charge on any atom is -0.507 e. The highest BCUT2D eigenvalue weighted by atomic mass is 16.3. The number of rotatable bonds is 2. The summed E-state index contributed by atoms with van der Waals surface area (Å²) < 4.78 is 0. The topological polar surface area (TPSA) is 65.1 Å². The Kier molecular flexibility index (Phi) is 3.30. The number of hydrogen-bond acceptors (Lipinski definition) is 2. The van der Waals surface area contributed by atoms with E-state index in [-0.39, 0.29) is 17.7 Å². The van der Waals surface area contributed by atoms with Gasteiger partial charge in [-0.3, -0.25) is 4.79 Å². The second-order valence-corrected chi connectivity index (χ2v) is 6.06. The van der Waals surface area contributed by atoms with Gasteiger partial charge in [0.15, 0.2) is 0 Å². The molecule has 2 aromatic carbocycles. The molecule has 0 radical (unpaired) electrons. The Morgan fingerprint density at radius 2 is 1.91 bits per heavy atom. The molecule has 4 nitrogen and oxygen atoms in total. The number of aromatic amines is 1. The lowest BCUT2D eigenvalue weighted by atomic mass is 9.91. The lowest BCUT2D eigenvalue weighted by molar-refractivity contribution is 0.0931. The number of phenolic OH excluding ortho intramolecular Hbond substituents is 1. The summed E-state index contributed by atoms with van der Waals surface area (Å²) >= 11 is 0. The van der Waals surface area contributed by atoms with Gasteiger partial charge in [-0.15, -0.1) is 0 Å². The van der Waals surface area contributed by atoms with Crippen molar-refractivity contribution in [2.75, 3.05) is 0 Å². The fourth-order valence-electron chi connectivity index (χ4n) is 3.43. The van der Waals surface area contributed by atoms with Crippen LogP contribution in [0.15, 0.2) is 48.5 Å². The van der Waals surface area contributed by atoms with Gasteiger partial charge >= 0.3 is 0 Å². The van der Waals surface area contributed by atoms with E-state index in [2.05, 4.69) is 28.5 Å². The van der Waals surface area contributed by atoms with Crippen LogP contribution in [0.25, 0.3) is 10.9 Å². The summed E-state index contributed by atoms with van der Waals surface area (Å²) in [7, 11) is 0. The van der Waals surface area contributed by atoms with Gasteiger partial charge in [0.1, 0.15) is 5.75 Å². The van der Waals surface area contributed by atoms with Gasteiger partial charge in [0.05, 0.1) is 5.56 Å². The molecule has 1 amide bonds. The smallest absolute Gasteiger partial charge is 0.255 e. The number of para-hydroxylation sites is 2.